The van der Waals surface area contributed by atoms with Crippen molar-refractivity contribution in [3.05, 3.63) is 35.9 Å². The summed E-state index contributed by atoms with van der Waals surface area (Å²) in [7, 11) is 0. The second kappa shape index (κ2) is 19.3. The van der Waals surface area contributed by atoms with Crippen LogP contribution in [0.15, 0.2) is 30.3 Å². The number of aryl methyl sites for hydroxylation is 1. The van der Waals surface area contributed by atoms with E-state index in [1.807, 2.05) is 45.9 Å². The van der Waals surface area contributed by atoms with E-state index >= 15 is 0 Å². The Hall–Kier alpha value is -1.77. The van der Waals surface area contributed by atoms with Crippen LogP contribution in [0.4, 0.5) is 0 Å². The van der Waals surface area contributed by atoms with Crippen LogP contribution in [0.5, 0.6) is 0 Å². The summed E-state index contributed by atoms with van der Waals surface area (Å²) in [5.74, 6) is 1.32. The Morgan fingerprint density at radius 1 is 0.792 bits per heavy atom. The second-order valence-corrected chi connectivity index (χ2v) is 6.07. The van der Waals surface area contributed by atoms with E-state index in [0.29, 0.717) is 18.8 Å². The fourth-order valence-corrected chi connectivity index (χ4v) is 1.11. The summed E-state index contributed by atoms with van der Waals surface area (Å²) in [6.45, 7) is 14.7. The van der Waals surface area contributed by atoms with Crippen molar-refractivity contribution in [1.29, 1.82) is 0 Å². The SMILES string of the molecule is CC(=O)CC(C)C.CCC(C)=O.CCC(C)=O.Cc1ccccc1. The van der Waals surface area contributed by atoms with Gasteiger partial charge in [0, 0.05) is 19.3 Å². The molecule has 1 rings (SSSR count). The third-order valence-corrected chi connectivity index (χ3v) is 2.63. The van der Waals surface area contributed by atoms with Crippen LogP contribution in [-0.2, 0) is 14.4 Å². The van der Waals surface area contributed by atoms with E-state index in [-0.39, 0.29) is 17.3 Å². The first-order chi connectivity index (χ1) is 11.1. The number of carbonyl (C=O) groups is 3. The lowest BCUT2D eigenvalue weighted by molar-refractivity contribution is -0.118. The third kappa shape index (κ3) is 36.9. The Balaban J connectivity index is -0.000000249. The molecule has 1 aromatic rings. The number of carbonyl (C=O) groups excluding carboxylic acids is 3. The van der Waals surface area contributed by atoms with Crippen molar-refractivity contribution in [2.75, 3.05) is 0 Å². The van der Waals surface area contributed by atoms with Crippen molar-refractivity contribution in [1.82, 2.24) is 0 Å². The maximum absolute atomic E-state index is 10.3. The van der Waals surface area contributed by atoms with Gasteiger partial charge in [0.1, 0.15) is 17.3 Å². The third-order valence-electron chi connectivity index (χ3n) is 2.63. The molecular formula is C21H36O3. The van der Waals surface area contributed by atoms with Gasteiger partial charge in [-0.1, -0.05) is 63.6 Å². The van der Waals surface area contributed by atoms with Crippen LogP contribution in [0.3, 0.4) is 0 Å². The summed E-state index contributed by atoms with van der Waals surface area (Å²) in [5, 5.41) is 0. The van der Waals surface area contributed by atoms with Crippen molar-refractivity contribution in [3.63, 3.8) is 0 Å². The van der Waals surface area contributed by atoms with E-state index in [0.717, 1.165) is 6.42 Å². The number of hydrogen-bond donors (Lipinski definition) is 0. The Morgan fingerprint density at radius 2 is 1.12 bits per heavy atom. The lowest BCUT2D eigenvalue weighted by atomic mass is 10.1. The minimum atomic E-state index is 0.255. The molecule has 0 aliphatic heterocycles. The Morgan fingerprint density at radius 3 is 1.21 bits per heavy atom. The van der Waals surface area contributed by atoms with Gasteiger partial charge in [-0.05, 0) is 33.6 Å². The van der Waals surface area contributed by atoms with Crippen LogP contribution in [0.25, 0.3) is 0 Å². The van der Waals surface area contributed by atoms with E-state index < -0.39 is 0 Å². The van der Waals surface area contributed by atoms with E-state index in [4.69, 9.17) is 0 Å². The molecule has 0 saturated carbocycles. The standard InChI is InChI=1S/C7H8.C6H12O.2C4H8O/c1-7-5-3-2-4-6-7;1-5(2)4-6(3)7;2*1-3-4(2)5/h2-6H,1H3;5H,4H2,1-3H3;2*3H2,1-2H3. The van der Waals surface area contributed by atoms with Crippen molar-refractivity contribution in [3.8, 4) is 0 Å². The van der Waals surface area contributed by atoms with Gasteiger partial charge in [0.25, 0.3) is 0 Å². The molecule has 3 nitrogen and oxygen atoms in total. The number of benzene rings is 1. The molecule has 0 spiro atoms. The summed E-state index contributed by atoms with van der Waals surface area (Å²) in [6, 6.07) is 10.3. The van der Waals surface area contributed by atoms with Gasteiger partial charge >= 0.3 is 0 Å². The molecule has 0 fully saturated rings. The molecular weight excluding hydrogens is 300 g/mol. The number of Topliss-reactive ketones (excluding diaryl/α,β-unsaturated/α-hetero) is 3. The average Bonchev–Trinajstić information content (AvgIpc) is 2.48. The maximum Gasteiger partial charge on any atom is 0.130 e. The van der Waals surface area contributed by atoms with E-state index in [9.17, 15) is 14.4 Å². The highest BCUT2D eigenvalue weighted by atomic mass is 16.1. The van der Waals surface area contributed by atoms with Crippen LogP contribution in [-0.4, -0.2) is 17.3 Å². The number of rotatable bonds is 4. The smallest absolute Gasteiger partial charge is 0.130 e. The molecule has 24 heavy (non-hydrogen) atoms. The fraction of sp³-hybridized carbons (Fsp3) is 0.571. The van der Waals surface area contributed by atoms with E-state index in [2.05, 4.69) is 19.1 Å². The topological polar surface area (TPSA) is 51.2 Å². The quantitative estimate of drug-likeness (QED) is 0.720. The molecule has 138 valence electrons. The van der Waals surface area contributed by atoms with Crippen molar-refractivity contribution < 1.29 is 14.4 Å². The molecule has 3 heteroatoms. The van der Waals surface area contributed by atoms with Crippen LogP contribution in [0.2, 0.25) is 0 Å². The first-order valence-electron chi connectivity index (χ1n) is 8.56. The van der Waals surface area contributed by atoms with Crippen molar-refractivity contribution in [2.45, 2.75) is 74.7 Å². The number of ketones is 3. The monoisotopic (exact) mass is 336 g/mol. The average molecular weight is 337 g/mol. The Kier molecular flexibility index (Phi) is 21.8. The van der Waals surface area contributed by atoms with Crippen LogP contribution >= 0.6 is 0 Å². The van der Waals surface area contributed by atoms with Gasteiger partial charge in [0.2, 0.25) is 0 Å². The predicted molar refractivity (Wildman–Crippen MR) is 103 cm³/mol. The fourth-order valence-electron chi connectivity index (χ4n) is 1.11. The molecule has 0 aliphatic rings. The molecule has 0 atom stereocenters. The van der Waals surface area contributed by atoms with Gasteiger partial charge in [-0.3, -0.25) is 0 Å². The zero-order chi connectivity index (χ0) is 19.5. The highest BCUT2D eigenvalue weighted by molar-refractivity contribution is 5.75. The predicted octanol–water partition coefficient (Wildman–Crippen LogP) is 5.59. The normalized spacial score (nSPS) is 8.54. The van der Waals surface area contributed by atoms with Gasteiger partial charge in [-0.2, -0.15) is 0 Å². The van der Waals surface area contributed by atoms with Gasteiger partial charge in [0.15, 0.2) is 0 Å². The second-order valence-electron chi connectivity index (χ2n) is 6.07. The minimum Gasteiger partial charge on any atom is -0.300 e. The molecule has 0 N–H and O–H groups in total. The highest BCUT2D eigenvalue weighted by Gasteiger charge is 1.95. The molecule has 0 aliphatic carbocycles. The van der Waals surface area contributed by atoms with Crippen molar-refractivity contribution in [2.24, 2.45) is 5.92 Å². The van der Waals surface area contributed by atoms with E-state index in [1.165, 1.54) is 5.56 Å². The molecule has 0 heterocycles. The minimum absolute atomic E-state index is 0.255. The molecule has 0 unspecified atom stereocenters. The molecule has 1 aromatic carbocycles. The first kappa shape index (κ1) is 27.1. The van der Waals surface area contributed by atoms with Crippen LogP contribution < -0.4 is 0 Å². The lowest BCUT2D eigenvalue weighted by Gasteiger charge is -1.95. The van der Waals surface area contributed by atoms with Gasteiger partial charge in [-0.25, -0.2) is 0 Å². The van der Waals surface area contributed by atoms with Gasteiger partial charge in [0.05, 0.1) is 0 Å². The zero-order valence-electron chi connectivity index (χ0n) is 16.8. The lowest BCUT2D eigenvalue weighted by Crippen LogP contribution is -1.95. The van der Waals surface area contributed by atoms with Crippen LogP contribution in [0.1, 0.15) is 73.3 Å². The molecule has 0 aromatic heterocycles. The first-order valence-corrected chi connectivity index (χ1v) is 8.56. The van der Waals surface area contributed by atoms with Crippen LogP contribution in [0, 0.1) is 12.8 Å². The summed E-state index contributed by atoms with van der Waals surface area (Å²) < 4.78 is 0. The van der Waals surface area contributed by atoms with E-state index in [1.54, 1.807) is 20.8 Å². The summed E-state index contributed by atoms with van der Waals surface area (Å²) in [4.78, 5) is 29.9. The number of hydrogen-bond acceptors (Lipinski definition) is 3. The van der Waals surface area contributed by atoms with Crippen molar-refractivity contribution >= 4 is 17.3 Å². The zero-order valence-corrected chi connectivity index (χ0v) is 16.8. The largest absolute Gasteiger partial charge is 0.300 e. The van der Waals surface area contributed by atoms with Gasteiger partial charge < -0.3 is 14.4 Å². The summed E-state index contributed by atoms with van der Waals surface area (Å²) in [5.41, 5.74) is 1.32. The van der Waals surface area contributed by atoms with Gasteiger partial charge in [-0.15, -0.1) is 0 Å². The Labute approximate surface area is 148 Å². The molecule has 0 radical (unpaired) electrons. The Bertz CT molecular complexity index is 420. The maximum atomic E-state index is 10.3. The summed E-state index contributed by atoms with van der Waals surface area (Å²) >= 11 is 0. The molecule has 0 saturated heterocycles. The molecule has 0 bridgehead atoms. The summed E-state index contributed by atoms with van der Waals surface area (Å²) in [6.07, 6.45) is 2.06. The molecule has 0 amide bonds. The highest BCUT2D eigenvalue weighted by Crippen LogP contribution is 1.97.